The van der Waals surface area contributed by atoms with Crippen LogP contribution in [0.25, 0.3) is 0 Å². The summed E-state index contributed by atoms with van der Waals surface area (Å²) >= 11 is 0. The molecule has 0 saturated carbocycles. The Morgan fingerprint density at radius 1 is 1.15 bits per heavy atom. The number of nitrogens with one attached hydrogen (secondary N) is 1. The highest BCUT2D eigenvalue weighted by molar-refractivity contribution is 5.09. The van der Waals surface area contributed by atoms with Crippen molar-refractivity contribution in [1.82, 2.24) is 14.9 Å². The Morgan fingerprint density at radius 3 is 2.60 bits per heavy atom. The summed E-state index contributed by atoms with van der Waals surface area (Å²) in [5.74, 6) is 0.687. The number of aromatic nitrogens is 2. The molecule has 20 heavy (non-hydrogen) atoms. The fourth-order valence-corrected chi connectivity index (χ4v) is 3.18. The van der Waals surface area contributed by atoms with E-state index in [1.165, 1.54) is 63.5 Å². The number of rotatable bonds is 10. The molecule has 1 N–H and O–H groups in total. The number of imidazole rings is 1. The first-order valence-corrected chi connectivity index (χ1v) is 8.62. The minimum atomic E-state index is 0.687. The van der Waals surface area contributed by atoms with Crippen molar-refractivity contribution in [3.63, 3.8) is 0 Å². The molecule has 1 aromatic rings. The Labute approximate surface area is 124 Å². The smallest absolute Gasteiger partial charge is 0.0948 e. The lowest BCUT2D eigenvalue weighted by Gasteiger charge is -2.12. The van der Waals surface area contributed by atoms with Crippen molar-refractivity contribution in [2.24, 2.45) is 0 Å². The van der Waals surface area contributed by atoms with Crippen LogP contribution in [0.3, 0.4) is 0 Å². The highest BCUT2D eigenvalue weighted by Gasteiger charge is 2.19. The van der Waals surface area contributed by atoms with Gasteiger partial charge in [-0.1, -0.05) is 51.9 Å². The summed E-state index contributed by atoms with van der Waals surface area (Å²) < 4.78 is 2.38. The standard InChI is InChI=1S/C17H31N3/c1-2-3-4-5-6-7-8-9-12-20-15-19-14-17(20)16-10-11-18-13-16/h14-16,18H,2-13H2,1H3. The number of unbranched alkanes of at least 4 members (excludes halogenated alkanes) is 7. The highest BCUT2D eigenvalue weighted by atomic mass is 15.1. The van der Waals surface area contributed by atoms with Gasteiger partial charge in [-0.25, -0.2) is 4.98 Å². The van der Waals surface area contributed by atoms with E-state index in [1.807, 2.05) is 6.33 Å². The second-order valence-electron chi connectivity index (χ2n) is 6.18. The first-order valence-electron chi connectivity index (χ1n) is 8.62. The van der Waals surface area contributed by atoms with E-state index in [0.717, 1.165) is 19.6 Å². The maximum atomic E-state index is 4.35. The van der Waals surface area contributed by atoms with Gasteiger partial charge in [0.05, 0.1) is 6.33 Å². The number of nitrogens with zero attached hydrogens (tertiary/aromatic N) is 2. The quantitative estimate of drug-likeness (QED) is 0.653. The third-order valence-corrected chi connectivity index (χ3v) is 4.48. The van der Waals surface area contributed by atoms with E-state index in [0.29, 0.717) is 5.92 Å². The molecule has 1 fully saturated rings. The van der Waals surface area contributed by atoms with Gasteiger partial charge in [-0.15, -0.1) is 0 Å². The molecule has 2 heterocycles. The van der Waals surface area contributed by atoms with E-state index in [4.69, 9.17) is 0 Å². The molecule has 1 saturated heterocycles. The lowest BCUT2D eigenvalue weighted by molar-refractivity contribution is 0.528. The van der Waals surface area contributed by atoms with Gasteiger partial charge in [-0.05, 0) is 19.4 Å². The molecule has 0 radical (unpaired) electrons. The normalized spacial score (nSPS) is 18.8. The van der Waals surface area contributed by atoms with Crippen LogP contribution < -0.4 is 5.32 Å². The predicted octanol–water partition coefficient (Wildman–Crippen LogP) is 4.10. The maximum absolute atomic E-state index is 4.35. The van der Waals surface area contributed by atoms with Gasteiger partial charge in [-0.3, -0.25) is 0 Å². The van der Waals surface area contributed by atoms with Gasteiger partial charge < -0.3 is 9.88 Å². The van der Waals surface area contributed by atoms with Crippen LogP contribution >= 0.6 is 0 Å². The summed E-state index contributed by atoms with van der Waals surface area (Å²) in [5.41, 5.74) is 1.44. The molecule has 3 heteroatoms. The van der Waals surface area contributed by atoms with Crippen molar-refractivity contribution in [2.75, 3.05) is 13.1 Å². The first-order chi connectivity index (χ1) is 9.92. The molecule has 114 valence electrons. The van der Waals surface area contributed by atoms with Crippen molar-refractivity contribution >= 4 is 0 Å². The SMILES string of the molecule is CCCCCCCCCCn1cncc1C1CCNC1. The van der Waals surface area contributed by atoms with Gasteiger partial charge in [0.15, 0.2) is 0 Å². The Bertz CT molecular complexity index is 353. The monoisotopic (exact) mass is 277 g/mol. The van der Waals surface area contributed by atoms with E-state index in [-0.39, 0.29) is 0 Å². The molecule has 1 aromatic heterocycles. The van der Waals surface area contributed by atoms with Gasteiger partial charge in [0, 0.05) is 30.9 Å². The molecule has 0 aromatic carbocycles. The average molecular weight is 277 g/mol. The van der Waals surface area contributed by atoms with E-state index in [9.17, 15) is 0 Å². The zero-order valence-electron chi connectivity index (χ0n) is 13.1. The lowest BCUT2D eigenvalue weighted by Crippen LogP contribution is -2.11. The predicted molar refractivity (Wildman–Crippen MR) is 85.1 cm³/mol. The Kier molecular flexibility index (Phi) is 7.13. The second kappa shape index (κ2) is 9.17. The molecule has 1 aliphatic heterocycles. The summed E-state index contributed by atoms with van der Waals surface area (Å²) in [4.78, 5) is 4.35. The third kappa shape index (κ3) is 4.93. The molecule has 3 nitrogen and oxygen atoms in total. The summed E-state index contributed by atoms with van der Waals surface area (Å²) in [6, 6.07) is 0. The zero-order chi connectivity index (χ0) is 14.0. The van der Waals surface area contributed by atoms with Crippen molar-refractivity contribution in [2.45, 2.75) is 77.2 Å². The second-order valence-corrected chi connectivity index (χ2v) is 6.18. The molecular weight excluding hydrogens is 246 g/mol. The lowest BCUT2D eigenvalue weighted by atomic mass is 10.1. The van der Waals surface area contributed by atoms with Gasteiger partial charge in [0.2, 0.25) is 0 Å². The molecule has 0 spiro atoms. The van der Waals surface area contributed by atoms with Crippen LogP contribution in [0.4, 0.5) is 0 Å². The molecule has 1 unspecified atom stereocenters. The molecule has 0 amide bonds. The molecule has 1 atom stereocenters. The molecule has 1 aliphatic rings. The Hall–Kier alpha value is -0.830. The summed E-state index contributed by atoms with van der Waals surface area (Å²) in [7, 11) is 0. The van der Waals surface area contributed by atoms with E-state index in [1.54, 1.807) is 0 Å². The fourth-order valence-electron chi connectivity index (χ4n) is 3.18. The van der Waals surface area contributed by atoms with E-state index < -0.39 is 0 Å². The average Bonchev–Trinajstić information content (AvgIpc) is 3.11. The molecule has 2 rings (SSSR count). The van der Waals surface area contributed by atoms with Crippen LogP contribution in [-0.4, -0.2) is 22.6 Å². The summed E-state index contributed by atoms with van der Waals surface area (Å²) in [5, 5.41) is 3.45. The number of hydrogen-bond donors (Lipinski definition) is 1. The topological polar surface area (TPSA) is 29.9 Å². The van der Waals surface area contributed by atoms with Crippen molar-refractivity contribution in [1.29, 1.82) is 0 Å². The van der Waals surface area contributed by atoms with Crippen LogP contribution in [0, 0.1) is 0 Å². The van der Waals surface area contributed by atoms with Gasteiger partial charge >= 0.3 is 0 Å². The van der Waals surface area contributed by atoms with Crippen LogP contribution in [0.5, 0.6) is 0 Å². The van der Waals surface area contributed by atoms with Gasteiger partial charge in [0.1, 0.15) is 0 Å². The van der Waals surface area contributed by atoms with Crippen LogP contribution in [0.15, 0.2) is 12.5 Å². The Balaban J connectivity index is 1.59. The molecular formula is C17H31N3. The van der Waals surface area contributed by atoms with Crippen molar-refractivity contribution in [3.05, 3.63) is 18.2 Å². The highest BCUT2D eigenvalue weighted by Crippen LogP contribution is 2.22. The van der Waals surface area contributed by atoms with Crippen LogP contribution in [-0.2, 0) is 6.54 Å². The number of aryl methyl sites for hydroxylation is 1. The molecule has 0 aliphatic carbocycles. The van der Waals surface area contributed by atoms with Crippen molar-refractivity contribution in [3.8, 4) is 0 Å². The maximum Gasteiger partial charge on any atom is 0.0948 e. The van der Waals surface area contributed by atoms with Gasteiger partial charge in [-0.2, -0.15) is 0 Å². The van der Waals surface area contributed by atoms with Gasteiger partial charge in [0.25, 0.3) is 0 Å². The van der Waals surface area contributed by atoms with E-state index in [2.05, 4.69) is 28.0 Å². The van der Waals surface area contributed by atoms with Crippen molar-refractivity contribution < 1.29 is 0 Å². The summed E-state index contributed by atoms with van der Waals surface area (Å²) in [6.45, 7) is 5.72. The van der Waals surface area contributed by atoms with Crippen LogP contribution in [0.1, 0.15) is 76.3 Å². The van der Waals surface area contributed by atoms with E-state index >= 15 is 0 Å². The molecule has 0 bridgehead atoms. The minimum Gasteiger partial charge on any atom is -0.334 e. The van der Waals surface area contributed by atoms with Crippen LogP contribution in [0.2, 0.25) is 0 Å². The minimum absolute atomic E-state index is 0.687. The Morgan fingerprint density at radius 2 is 1.90 bits per heavy atom. The largest absolute Gasteiger partial charge is 0.334 e. The number of hydrogen-bond acceptors (Lipinski definition) is 2. The summed E-state index contributed by atoms with van der Waals surface area (Å²) in [6.07, 6.45) is 16.5. The zero-order valence-corrected chi connectivity index (χ0v) is 13.1. The fraction of sp³-hybridized carbons (Fsp3) is 0.824. The third-order valence-electron chi connectivity index (χ3n) is 4.48. The first kappa shape index (κ1) is 15.6.